The fourth-order valence-corrected chi connectivity index (χ4v) is 3.05. The van der Waals surface area contributed by atoms with Gasteiger partial charge in [0.2, 0.25) is 11.4 Å². The Labute approximate surface area is 176 Å². The average molecular weight is 428 g/mol. The first-order valence-corrected chi connectivity index (χ1v) is 9.65. The number of ether oxygens (including phenoxy) is 3. The molecule has 0 radical (unpaired) electrons. The molecule has 170 valence electrons. The Bertz CT molecular complexity index is 694. The number of rotatable bonds is 8. The molecular formula is C19H32N4O7. The van der Waals surface area contributed by atoms with Gasteiger partial charge in [-0.15, -0.1) is 0 Å². The van der Waals surface area contributed by atoms with Crippen LogP contribution in [0.5, 0.6) is 0 Å². The Kier molecular flexibility index (Phi) is 8.34. The molecule has 1 saturated heterocycles. The Morgan fingerprint density at radius 1 is 1.10 bits per heavy atom. The minimum absolute atomic E-state index is 0.0800. The largest absolute Gasteiger partial charge is 0.467 e. The van der Waals surface area contributed by atoms with Crippen molar-refractivity contribution in [2.75, 3.05) is 33.9 Å². The first kappa shape index (κ1) is 25.3. The van der Waals surface area contributed by atoms with Crippen LogP contribution in [0.4, 0.5) is 4.79 Å². The number of hydrogen-bond acceptors (Lipinski definition) is 9. The summed E-state index contributed by atoms with van der Waals surface area (Å²) in [6, 6.07) is -1.09. The van der Waals surface area contributed by atoms with Gasteiger partial charge in [-0.3, -0.25) is 9.69 Å². The molecule has 11 heteroatoms. The highest BCUT2D eigenvalue weighted by Gasteiger charge is 2.70. The Morgan fingerprint density at radius 3 is 2.00 bits per heavy atom. The topological polar surface area (TPSA) is 127 Å². The van der Waals surface area contributed by atoms with Gasteiger partial charge in [0, 0.05) is 19.6 Å². The zero-order valence-corrected chi connectivity index (χ0v) is 18.9. The van der Waals surface area contributed by atoms with Gasteiger partial charge < -0.3 is 19.1 Å². The molecule has 1 heterocycles. The monoisotopic (exact) mass is 428 g/mol. The quantitative estimate of drug-likeness (QED) is 0.148. The van der Waals surface area contributed by atoms with Crippen LogP contribution >= 0.6 is 0 Å². The molecule has 0 saturated carbocycles. The standard InChI is InChI=1S/C19H32N4O7/c1-9-22(10-2)14(24)13(12(3)20-21-17(27)30-18(4,5)6)23-11-19(23,15(25)28-7)16(26)29-8/h13H,9-11H2,1-8H3,(H,21,27)/b20-12+. The number of likely N-dealkylation sites (N-methyl/N-ethyl adjacent to an activating group) is 1. The van der Waals surface area contributed by atoms with Gasteiger partial charge in [0.15, 0.2) is 0 Å². The summed E-state index contributed by atoms with van der Waals surface area (Å²) in [5.74, 6) is -2.04. The second kappa shape index (κ2) is 9.88. The van der Waals surface area contributed by atoms with Gasteiger partial charge in [-0.05, 0) is 41.5 Å². The fourth-order valence-electron chi connectivity index (χ4n) is 3.05. The third-order valence-corrected chi connectivity index (χ3v) is 4.57. The van der Waals surface area contributed by atoms with Crippen molar-refractivity contribution in [2.45, 2.75) is 58.7 Å². The SMILES string of the molecule is CCN(CC)C(=O)C(/C(C)=N/NC(=O)OC(C)(C)C)N1CC1(C(=O)OC)C(=O)OC. The fraction of sp³-hybridized carbons (Fsp3) is 0.737. The van der Waals surface area contributed by atoms with Crippen molar-refractivity contribution < 1.29 is 33.4 Å². The van der Waals surface area contributed by atoms with Crippen molar-refractivity contribution in [3.8, 4) is 0 Å². The van der Waals surface area contributed by atoms with E-state index in [1.165, 1.54) is 16.7 Å². The third-order valence-electron chi connectivity index (χ3n) is 4.57. The lowest BCUT2D eigenvalue weighted by Gasteiger charge is -2.27. The molecule has 11 nitrogen and oxygen atoms in total. The molecule has 0 bridgehead atoms. The first-order valence-electron chi connectivity index (χ1n) is 9.65. The normalized spacial score (nSPS) is 18.7. The zero-order valence-electron chi connectivity index (χ0n) is 18.9. The van der Waals surface area contributed by atoms with Crippen LogP contribution in [-0.4, -0.2) is 90.5 Å². The summed E-state index contributed by atoms with van der Waals surface area (Å²) in [7, 11) is 2.30. The number of carbonyl (C=O) groups is 4. The van der Waals surface area contributed by atoms with Crippen LogP contribution in [0.15, 0.2) is 5.10 Å². The maximum absolute atomic E-state index is 13.2. The summed E-state index contributed by atoms with van der Waals surface area (Å²) in [4.78, 5) is 52.7. The molecule has 1 aliphatic rings. The molecule has 1 N–H and O–H groups in total. The van der Waals surface area contributed by atoms with Crippen molar-refractivity contribution in [3.05, 3.63) is 0 Å². The second-order valence-corrected chi connectivity index (χ2v) is 7.75. The summed E-state index contributed by atoms with van der Waals surface area (Å²) in [5, 5.41) is 3.98. The van der Waals surface area contributed by atoms with Gasteiger partial charge >= 0.3 is 18.0 Å². The molecule has 0 aromatic carbocycles. The molecule has 0 aromatic heterocycles. The third kappa shape index (κ3) is 5.47. The van der Waals surface area contributed by atoms with E-state index in [1.807, 2.05) is 0 Å². The minimum Gasteiger partial charge on any atom is -0.467 e. The number of methoxy groups -OCH3 is 2. The van der Waals surface area contributed by atoms with Crippen molar-refractivity contribution in [1.82, 2.24) is 15.2 Å². The van der Waals surface area contributed by atoms with E-state index in [9.17, 15) is 19.2 Å². The minimum atomic E-state index is -1.74. The van der Waals surface area contributed by atoms with E-state index in [1.54, 1.807) is 34.6 Å². The number of nitrogens with one attached hydrogen (secondary N) is 1. The highest BCUT2D eigenvalue weighted by Crippen LogP contribution is 2.38. The number of hydrogen-bond donors (Lipinski definition) is 1. The molecule has 30 heavy (non-hydrogen) atoms. The van der Waals surface area contributed by atoms with Crippen LogP contribution in [-0.2, 0) is 28.6 Å². The number of hydrazone groups is 1. The van der Waals surface area contributed by atoms with Crippen LogP contribution < -0.4 is 5.43 Å². The molecule has 2 atom stereocenters. The molecule has 1 aliphatic heterocycles. The number of amides is 2. The predicted molar refractivity (Wildman–Crippen MR) is 108 cm³/mol. The van der Waals surface area contributed by atoms with E-state index < -0.39 is 35.2 Å². The molecule has 0 spiro atoms. The van der Waals surface area contributed by atoms with Crippen molar-refractivity contribution >= 4 is 29.7 Å². The zero-order chi connectivity index (χ0) is 23.3. The van der Waals surface area contributed by atoms with Crippen molar-refractivity contribution in [3.63, 3.8) is 0 Å². The molecule has 0 aliphatic carbocycles. The molecular weight excluding hydrogens is 396 g/mol. The molecule has 2 amide bonds. The number of carbonyl (C=O) groups excluding carboxylic acids is 4. The van der Waals surface area contributed by atoms with E-state index in [4.69, 9.17) is 14.2 Å². The lowest BCUT2D eigenvalue weighted by molar-refractivity contribution is -0.158. The van der Waals surface area contributed by atoms with Crippen molar-refractivity contribution in [1.29, 1.82) is 0 Å². The van der Waals surface area contributed by atoms with Gasteiger partial charge in [-0.1, -0.05) is 0 Å². The smallest absolute Gasteiger partial charge is 0.428 e. The summed E-state index contributed by atoms with van der Waals surface area (Å²) in [5.41, 5.74) is -0.0474. The molecule has 0 aromatic rings. The lowest BCUT2D eigenvalue weighted by Crippen LogP contribution is -2.52. The van der Waals surface area contributed by atoms with Crippen LogP contribution in [0.1, 0.15) is 41.5 Å². The Balaban J connectivity index is 3.26. The molecule has 1 rings (SSSR count). The summed E-state index contributed by atoms with van der Waals surface area (Å²) in [6.07, 6.45) is -0.797. The maximum Gasteiger partial charge on any atom is 0.428 e. The van der Waals surface area contributed by atoms with E-state index in [0.717, 1.165) is 14.2 Å². The maximum atomic E-state index is 13.2. The Morgan fingerprint density at radius 2 is 1.60 bits per heavy atom. The highest BCUT2D eigenvalue weighted by molar-refractivity contribution is 6.14. The van der Waals surface area contributed by atoms with Crippen molar-refractivity contribution in [2.24, 2.45) is 5.10 Å². The van der Waals surface area contributed by atoms with Gasteiger partial charge in [-0.25, -0.2) is 19.8 Å². The second-order valence-electron chi connectivity index (χ2n) is 7.75. The van der Waals surface area contributed by atoms with E-state index >= 15 is 0 Å². The number of esters is 2. The predicted octanol–water partition coefficient (Wildman–Crippen LogP) is 0.524. The van der Waals surface area contributed by atoms with Crippen LogP contribution in [0.3, 0.4) is 0 Å². The number of nitrogens with zero attached hydrogens (tertiary/aromatic N) is 3. The van der Waals surface area contributed by atoms with Gasteiger partial charge in [0.1, 0.15) is 11.6 Å². The average Bonchev–Trinajstić information content (AvgIpc) is 3.41. The Hall–Kier alpha value is -2.69. The van der Waals surface area contributed by atoms with Gasteiger partial charge in [-0.2, -0.15) is 5.10 Å². The summed E-state index contributed by atoms with van der Waals surface area (Å²) < 4.78 is 14.7. The van der Waals surface area contributed by atoms with E-state index in [2.05, 4.69) is 10.5 Å². The van der Waals surface area contributed by atoms with E-state index in [0.29, 0.717) is 13.1 Å². The summed E-state index contributed by atoms with van der Waals surface area (Å²) in [6.45, 7) is 11.0. The molecule has 2 unspecified atom stereocenters. The highest BCUT2D eigenvalue weighted by atomic mass is 16.6. The first-order chi connectivity index (χ1) is 13.9. The van der Waals surface area contributed by atoms with Crippen LogP contribution in [0, 0.1) is 0 Å². The lowest BCUT2D eigenvalue weighted by atomic mass is 10.1. The van der Waals surface area contributed by atoms with E-state index in [-0.39, 0.29) is 18.2 Å². The van der Waals surface area contributed by atoms with Crippen LogP contribution in [0.2, 0.25) is 0 Å². The van der Waals surface area contributed by atoms with Gasteiger partial charge in [0.05, 0.1) is 19.9 Å². The van der Waals surface area contributed by atoms with Crippen LogP contribution in [0.25, 0.3) is 0 Å². The van der Waals surface area contributed by atoms with Gasteiger partial charge in [0.25, 0.3) is 0 Å². The molecule has 1 fully saturated rings. The summed E-state index contributed by atoms with van der Waals surface area (Å²) >= 11 is 0.